The Hall–Kier alpha value is -2.22. The van der Waals surface area contributed by atoms with Crippen molar-refractivity contribution in [1.82, 2.24) is 0 Å². The molecular weight excluding hydrogens is 308 g/mol. The zero-order chi connectivity index (χ0) is 16.2. The summed E-state index contributed by atoms with van der Waals surface area (Å²) in [4.78, 5) is 12.4. The molecule has 2 aromatic rings. The lowest BCUT2D eigenvalue weighted by Gasteiger charge is -2.25. The third-order valence-corrected chi connectivity index (χ3v) is 3.48. The summed E-state index contributed by atoms with van der Waals surface area (Å²) in [5, 5.41) is 0. The maximum Gasteiger partial charge on any atom is 0.398 e. The quantitative estimate of drug-likeness (QED) is 0.516. The summed E-state index contributed by atoms with van der Waals surface area (Å²) >= 11 is 0. The van der Waals surface area contributed by atoms with Gasteiger partial charge in [-0.25, -0.2) is 8.98 Å². The van der Waals surface area contributed by atoms with Gasteiger partial charge in [0.1, 0.15) is 5.75 Å². The van der Waals surface area contributed by atoms with Gasteiger partial charge in [0.25, 0.3) is 0 Å². The van der Waals surface area contributed by atoms with Crippen LogP contribution in [0.15, 0.2) is 60.7 Å². The van der Waals surface area contributed by atoms with E-state index >= 15 is 0 Å². The highest BCUT2D eigenvalue weighted by Gasteiger charge is 2.42. The van der Waals surface area contributed by atoms with E-state index < -0.39 is 22.0 Å². The standard InChI is InChI=1S/C15H14O6S/c1-15(21-22(17,18)19,12-8-4-2-5-9-12)14(16)20-13-10-6-3-7-11-13/h2-11H,1H3,(H,17,18,19). The molecule has 1 N–H and O–H groups in total. The van der Waals surface area contributed by atoms with Gasteiger partial charge in [0.05, 0.1) is 0 Å². The van der Waals surface area contributed by atoms with Crippen molar-refractivity contribution in [2.45, 2.75) is 12.5 Å². The minimum atomic E-state index is -4.87. The average Bonchev–Trinajstić information content (AvgIpc) is 2.47. The van der Waals surface area contributed by atoms with E-state index in [2.05, 4.69) is 4.18 Å². The van der Waals surface area contributed by atoms with Gasteiger partial charge in [-0.15, -0.1) is 0 Å². The van der Waals surface area contributed by atoms with Crippen LogP contribution < -0.4 is 4.74 Å². The molecule has 1 unspecified atom stereocenters. The SMILES string of the molecule is CC(OS(=O)(=O)O)(C(=O)Oc1ccccc1)c1ccccc1. The molecule has 0 bridgehead atoms. The summed E-state index contributed by atoms with van der Waals surface area (Å²) in [5.74, 6) is -0.740. The van der Waals surface area contributed by atoms with Crippen LogP contribution in [-0.2, 0) is 25.0 Å². The molecule has 116 valence electrons. The molecule has 2 rings (SSSR count). The summed E-state index contributed by atoms with van der Waals surface area (Å²) in [6, 6.07) is 16.0. The number of benzene rings is 2. The Labute approximate surface area is 128 Å². The predicted octanol–water partition coefficient (Wildman–Crippen LogP) is 2.33. The van der Waals surface area contributed by atoms with Crippen LogP contribution in [0.25, 0.3) is 0 Å². The highest BCUT2D eigenvalue weighted by Crippen LogP contribution is 2.29. The van der Waals surface area contributed by atoms with Crippen molar-refractivity contribution in [2.24, 2.45) is 0 Å². The molecule has 7 heteroatoms. The first kappa shape index (κ1) is 16.2. The lowest BCUT2D eigenvalue weighted by atomic mass is 9.96. The Balaban J connectivity index is 2.38. The minimum Gasteiger partial charge on any atom is -0.424 e. The number of rotatable bonds is 5. The molecule has 0 spiro atoms. The Bertz CT molecular complexity index is 742. The van der Waals surface area contributed by atoms with E-state index in [1.165, 1.54) is 31.2 Å². The van der Waals surface area contributed by atoms with Crippen LogP contribution in [0.1, 0.15) is 12.5 Å². The third-order valence-electron chi connectivity index (χ3n) is 2.94. The van der Waals surface area contributed by atoms with Crippen LogP contribution in [0.2, 0.25) is 0 Å². The molecule has 6 nitrogen and oxygen atoms in total. The lowest BCUT2D eigenvalue weighted by molar-refractivity contribution is -0.151. The van der Waals surface area contributed by atoms with Crippen LogP contribution in [0.3, 0.4) is 0 Å². The third kappa shape index (κ3) is 3.91. The van der Waals surface area contributed by atoms with Crippen LogP contribution in [0.5, 0.6) is 5.75 Å². The smallest absolute Gasteiger partial charge is 0.398 e. The topological polar surface area (TPSA) is 89.9 Å². The highest BCUT2D eigenvalue weighted by molar-refractivity contribution is 7.80. The van der Waals surface area contributed by atoms with Crippen molar-refractivity contribution in [1.29, 1.82) is 0 Å². The van der Waals surface area contributed by atoms with E-state index in [-0.39, 0.29) is 11.3 Å². The molecule has 0 aliphatic carbocycles. The Morgan fingerprint density at radius 1 is 1.00 bits per heavy atom. The van der Waals surface area contributed by atoms with Crippen LogP contribution >= 0.6 is 0 Å². The largest absolute Gasteiger partial charge is 0.424 e. The van der Waals surface area contributed by atoms with Gasteiger partial charge in [0.15, 0.2) is 0 Å². The molecule has 0 fully saturated rings. The van der Waals surface area contributed by atoms with E-state index in [9.17, 15) is 13.2 Å². The molecular formula is C15H14O6S. The Kier molecular flexibility index (Phi) is 4.60. The van der Waals surface area contributed by atoms with E-state index in [0.29, 0.717) is 0 Å². The van der Waals surface area contributed by atoms with Gasteiger partial charge in [0, 0.05) is 0 Å². The summed E-state index contributed by atoms with van der Waals surface area (Å²) in [7, 11) is -4.87. The van der Waals surface area contributed by atoms with Crippen molar-refractivity contribution in [3.63, 3.8) is 0 Å². The molecule has 0 amide bonds. The number of para-hydroxylation sites is 1. The molecule has 1 atom stereocenters. The fraction of sp³-hybridized carbons (Fsp3) is 0.133. The highest BCUT2D eigenvalue weighted by atomic mass is 32.3. The molecule has 2 aromatic carbocycles. The fourth-order valence-corrected chi connectivity index (χ4v) is 2.45. The van der Waals surface area contributed by atoms with Crippen LogP contribution in [-0.4, -0.2) is 18.9 Å². The fourth-order valence-electron chi connectivity index (χ4n) is 1.86. The summed E-state index contributed by atoms with van der Waals surface area (Å²) in [6.45, 7) is 1.21. The monoisotopic (exact) mass is 322 g/mol. The molecule has 0 aliphatic rings. The molecule has 0 saturated carbocycles. The zero-order valence-corrected chi connectivity index (χ0v) is 12.5. The van der Waals surface area contributed by atoms with Crippen LogP contribution in [0, 0.1) is 0 Å². The summed E-state index contributed by atoms with van der Waals surface area (Å²) in [5.41, 5.74) is -1.78. The molecule has 0 radical (unpaired) electrons. The molecule has 0 heterocycles. The van der Waals surface area contributed by atoms with Crippen molar-refractivity contribution in [3.8, 4) is 5.75 Å². The van der Waals surface area contributed by atoms with Crippen molar-refractivity contribution in [3.05, 3.63) is 66.2 Å². The van der Waals surface area contributed by atoms with Crippen LogP contribution in [0.4, 0.5) is 0 Å². The molecule has 0 aliphatic heterocycles. The van der Waals surface area contributed by atoms with Gasteiger partial charge in [-0.1, -0.05) is 48.5 Å². The number of carbonyl (C=O) groups is 1. The number of hydrogen-bond donors (Lipinski definition) is 1. The number of hydrogen-bond acceptors (Lipinski definition) is 5. The first-order chi connectivity index (χ1) is 10.3. The maximum atomic E-state index is 12.4. The van der Waals surface area contributed by atoms with E-state index in [1.807, 2.05) is 0 Å². The lowest BCUT2D eigenvalue weighted by Crippen LogP contribution is -2.40. The normalized spacial score (nSPS) is 14.1. The van der Waals surface area contributed by atoms with Gasteiger partial charge >= 0.3 is 16.4 Å². The second kappa shape index (κ2) is 6.27. The molecule has 22 heavy (non-hydrogen) atoms. The zero-order valence-electron chi connectivity index (χ0n) is 11.7. The number of ether oxygens (including phenoxy) is 1. The maximum absolute atomic E-state index is 12.4. The van der Waals surface area contributed by atoms with Gasteiger partial charge in [-0.2, -0.15) is 8.42 Å². The minimum absolute atomic E-state index is 0.230. The van der Waals surface area contributed by atoms with Gasteiger partial charge in [-0.05, 0) is 24.6 Å². The molecule has 0 saturated heterocycles. The van der Waals surface area contributed by atoms with Gasteiger partial charge in [0.2, 0.25) is 5.60 Å². The van der Waals surface area contributed by atoms with Crippen molar-refractivity contribution in [2.75, 3.05) is 0 Å². The van der Waals surface area contributed by atoms with Crippen molar-refractivity contribution < 1.29 is 26.7 Å². The summed E-state index contributed by atoms with van der Waals surface area (Å²) < 4.78 is 40.9. The second-order valence-corrected chi connectivity index (χ2v) is 5.64. The Morgan fingerprint density at radius 3 is 2.00 bits per heavy atom. The van der Waals surface area contributed by atoms with Gasteiger partial charge in [-0.3, -0.25) is 4.55 Å². The van der Waals surface area contributed by atoms with E-state index in [0.717, 1.165) is 0 Å². The second-order valence-electron chi connectivity index (χ2n) is 4.61. The van der Waals surface area contributed by atoms with E-state index in [4.69, 9.17) is 9.29 Å². The predicted molar refractivity (Wildman–Crippen MR) is 78.5 cm³/mol. The molecule has 0 aromatic heterocycles. The van der Waals surface area contributed by atoms with Gasteiger partial charge < -0.3 is 4.74 Å². The Morgan fingerprint density at radius 2 is 1.50 bits per heavy atom. The first-order valence-electron chi connectivity index (χ1n) is 6.32. The van der Waals surface area contributed by atoms with E-state index in [1.54, 1.807) is 36.4 Å². The number of carbonyl (C=O) groups excluding carboxylic acids is 1. The first-order valence-corrected chi connectivity index (χ1v) is 7.69. The van der Waals surface area contributed by atoms with Crippen molar-refractivity contribution >= 4 is 16.4 Å². The average molecular weight is 322 g/mol. The number of esters is 1. The summed E-state index contributed by atoms with van der Waals surface area (Å²) in [6.07, 6.45) is 0.